The van der Waals surface area contributed by atoms with Gasteiger partial charge < -0.3 is 14.8 Å². The monoisotopic (exact) mass is 431 g/mol. The standard InChI is InChI=1S/C20H25N5O2S2/c1-13-12-17(29-24-13)22-20-21-16-6-11-28-18(16)19(23-20)27-15-4-2-14(3-5-15)25-7-9-26-10-8-25/h6,11-12,14-15H,2-5,7-10H2,1H3,(H,21,22,23). The van der Waals surface area contributed by atoms with Gasteiger partial charge in [-0.1, -0.05) is 0 Å². The van der Waals surface area contributed by atoms with Crippen molar-refractivity contribution in [3.8, 4) is 5.88 Å². The molecule has 2 fully saturated rings. The molecule has 4 heterocycles. The van der Waals surface area contributed by atoms with E-state index in [0.717, 1.165) is 60.1 Å². The summed E-state index contributed by atoms with van der Waals surface area (Å²) in [6.45, 7) is 5.83. The fourth-order valence-corrected chi connectivity index (χ4v) is 5.55. The summed E-state index contributed by atoms with van der Waals surface area (Å²) in [7, 11) is 0. The molecular formula is C20H25N5O2S2. The molecule has 1 saturated heterocycles. The SMILES string of the molecule is Cc1cc(Nc2nc(OC3CCC(N4CCOCC4)CC3)c3sccc3n2)sn1. The Kier molecular flexibility index (Phi) is 5.63. The molecule has 5 rings (SSSR count). The molecule has 3 aromatic rings. The van der Waals surface area contributed by atoms with Gasteiger partial charge in [-0.05, 0) is 61.7 Å². The van der Waals surface area contributed by atoms with Crippen molar-refractivity contribution in [2.45, 2.75) is 44.8 Å². The third-order valence-corrected chi connectivity index (χ3v) is 7.31. The Balaban J connectivity index is 1.28. The van der Waals surface area contributed by atoms with Gasteiger partial charge in [-0.3, -0.25) is 4.90 Å². The summed E-state index contributed by atoms with van der Waals surface area (Å²) in [6.07, 6.45) is 4.69. The molecule has 2 aliphatic rings. The van der Waals surface area contributed by atoms with Crippen LogP contribution in [0.3, 0.4) is 0 Å². The quantitative estimate of drug-likeness (QED) is 0.648. The van der Waals surface area contributed by atoms with Gasteiger partial charge in [0.2, 0.25) is 11.8 Å². The Morgan fingerprint density at radius 3 is 2.76 bits per heavy atom. The molecule has 9 heteroatoms. The number of hydrogen-bond donors (Lipinski definition) is 1. The molecule has 0 spiro atoms. The zero-order valence-corrected chi connectivity index (χ0v) is 18.1. The number of fused-ring (bicyclic) bond motifs is 1. The number of hydrogen-bond acceptors (Lipinski definition) is 9. The van der Waals surface area contributed by atoms with Gasteiger partial charge in [-0.15, -0.1) is 11.3 Å². The smallest absolute Gasteiger partial charge is 0.236 e. The summed E-state index contributed by atoms with van der Waals surface area (Å²) in [6, 6.07) is 4.68. The first-order valence-corrected chi connectivity index (χ1v) is 11.8. The number of morpholine rings is 1. The van der Waals surface area contributed by atoms with Crippen LogP contribution in [0.1, 0.15) is 31.4 Å². The predicted octanol–water partition coefficient (Wildman–Crippen LogP) is 4.22. The van der Waals surface area contributed by atoms with Crippen LogP contribution in [0.2, 0.25) is 0 Å². The lowest BCUT2D eigenvalue weighted by Gasteiger charge is -2.38. The number of nitrogens with one attached hydrogen (secondary N) is 1. The lowest BCUT2D eigenvalue weighted by molar-refractivity contribution is -0.00123. The minimum absolute atomic E-state index is 0.214. The average Bonchev–Trinajstić information content (AvgIpc) is 3.38. The molecule has 0 bridgehead atoms. The van der Waals surface area contributed by atoms with Gasteiger partial charge in [-0.2, -0.15) is 9.36 Å². The second-order valence-corrected chi connectivity index (χ2v) is 9.36. The second kappa shape index (κ2) is 8.51. The van der Waals surface area contributed by atoms with Gasteiger partial charge in [0.05, 0.1) is 24.4 Å². The summed E-state index contributed by atoms with van der Waals surface area (Å²) >= 11 is 3.05. The lowest BCUT2D eigenvalue weighted by atomic mass is 9.91. The average molecular weight is 432 g/mol. The molecule has 0 atom stereocenters. The maximum atomic E-state index is 6.41. The minimum atomic E-state index is 0.214. The highest BCUT2D eigenvalue weighted by Gasteiger charge is 2.28. The molecule has 1 N–H and O–H groups in total. The van der Waals surface area contributed by atoms with E-state index >= 15 is 0 Å². The molecule has 0 aromatic carbocycles. The fraction of sp³-hybridized carbons (Fsp3) is 0.550. The topological polar surface area (TPSA) is 72.4 Å². The van der Waals surface area contributed by atoms with Crippen LogP contribution in [0, 0.1) is 6.92 Å². The Hall–Kier alpha value is -1.81. The zero-order chi connectivity index (χ0) is 19.6. The summed E-state index contributed by atoms with van der Waals surface area (Å²) < 4.78 is 17.2. The molecule has 154 valence electrons. The number of ether oxygens (including phenoxy) is 2. The van der Waals surface area contributed by atoms with Crippen LogP contribution in [0.5, 0.6) is 5.88 Å². The van der Waals surface area contributed by atoms with Crippen molar-refractivity contribution < 1.29 is 9.47 Å². The summed E-state index contributed by atoms with van der Waals surface area (Å²) in [4.78, 5) is 11.9. The fourth-order valence-electron chi connectivity index (χ4n) is 4.13. The molecule has 29 heavy (non-hydrogen) atoms. The van der Waals surface area contributed by atoms with Gasteiger partial charge in [0, 0.05) is 19.1 Å². The van der Waals surface area contributed by atoms with Crippen LogP contribution in [0.25, 0.3) is 10.2 Å². The van der Waals surface area contributed by atoms with Gasteiger partial charge >= 0.3 is 0 Å². The van der Waals surface area contributed by atoms with E-state index in [1.54, 1.807) is 11.3 Å². The van der Waals surface area contributed by atoms with E-state index in [0.29, 0.717) is 17.9 Å². The number of nitrogens with zero attached hydrogens (tertiary/aromatic N) is 4. The molecule has 1 saturated carbocycles. The van der Waals surface area contributed by atoms with E-state index in [2.05, 4.69) is 19.6 Å². The van der Waals surface area contributed by atoms with Crippen LogP contribution in [-0.2, 0) is 4.74 Å². The van der Waals surface area contributed by atoms with Crippen LogP contribution in [0.15, 0.2) is 17.5 Å². The molecule has 1 aliphatic heterocycles. The number of rotatable bonds is 5. The molecule has 1 aliphatic carbocycles. The third-order valence-electron chi connectivity index (χ3n) is 5.62. The summed E-state index contributed by atoms with van der Waals surface area (Å²) in [5, 5.41) is 6.26. The Morgan fingerprint density at radius 2 is 2.00 bits per heavy atom. The number of thiophene rings is 1. The predicted molar refractivity (Wildman–Crippen MR) is 117 cm³/mol. The second-order valence-electron chi connectivity index (χ2n) is 7.64. The first-order valence-electron chi connectivity index (χ1n) is 10.2. The number of anilines is 2. The normalized spacial score (nSPS) is 23.3. The number of aryl methyl sites for hydroxylation is 1. The Bertz CT molecular complexity index is 961. The summed E-state index contributed by atoms with van der Waals surface area (Å²) in [5.74, 6) is 1.26. The van der Waals surface area contributed by atoms with E-state index in [-0.39, 0.29) is 6.10 Å². The zero-order valence-electron chi connectivity index (χ0n) is 16.5. The molecule has 7 nitrogen and oxygen atoms in total. The van der Waals surface area contributed by atoms with Crippen LogP contribution >= 0.6 is 22.9 Å². The minimum Gasteiger partial charge on any atom is -0.473 e. The first-order chi connectivity index (χ1) is 14.2. The van der Waals surface area contributed by atoms with Gasteiger partial charge in [0.15, 0.2) is 0 Å². The van der Waals surface area contributed by atoms with Crippen molar-refractivity contribution in [3.63, 3.8) is 0 Å². The molecule has 0 amide bonds. The Morgan fingerprint density at radius 1 is 1.17 bits per heavy atom. The van der Waals surface area contributed by atoms with E-state index < -0.39 is 0 Å². The van der Waals surface area contributed by atoms with Crippen molar-refractivity contribution in [2.75, 3.05) is 31.6 Å². The highest BCUT2D eigenvalue weighted by molar-refractivity contribution is 7.17. The maximum absolute atomic E-state index is 6.41. The van der Waals surface area contributed by atoms with Gasteiger partial charge in [-0.25, -0.2) is 4.98 Å². The van der Waals surface area contributed by atoms with Gasteiger partial charge in [0.1, 0.15) is 15.8 Å². The third kappa shape index (κ3) is 4.37. The molecule has 0 unspecified atom stereocenters. The van der Waals surface area contributed by atoms with E-state index in [4.69, 9.17) is 14.5 Å². The van der Waals surface area contributed by atoms with Crippen molar-refractivity contribution in [2.24, 2.45) is 0 Å². The highest BCUT2D eigenvalue weighted by atomic mass is 32.1. The number of aromatic nitrogens is 3. The molecular weight excluding hydrogens is 406 g/mol. The largest absolute Gasteiger partial charge is 0.473 e. The van der Waals surface area contributed by atoms with E-state index in [9.17, 15) is 0 Å². The van der Waals surface area contributed by atoms with E-state index in [1.807, 2.05) is 24.4 Å². The highest BCUT2D eigenvalue weighted by Crippen LogP contribution is 2.34. The van der Waals surface area contributed by atoms with Crippen molar-refractivity contribution >= 4 is 44.0 Å². The Labute approximate surface area is 178 Å². The van der Waals surface area contributed by atoms with E-state index in [1.165, 1.54) is 24.4 Å². The van der Waals surface area contributed by atoms with Crippen LogP contribution in [-0.4, -0.2) is 57.7 Å². The first kappa shape index (κ1) is 19.2. The van der Waals surface area contributed by atoms with Crippen LogP contribution < -0.4 is 10.1 Å². The van der Waals surface area contributed by atoms with Crippen molar-refractivity contribution in [3.05, 3.63) is 23.2 Å². The van der Waals surface area contributed by atoms with Crippen LogP contribution in [0.4, 0.5) is 10.9 Å². The van der Waals surface area contributed by atoms with Crippen molar-refractivity contribution in [1.29, 1.82) is 0 Å². The van der Waals surface area contributed by atoms with Gasteiger partial charge in [0.25, 0.3) is 0 Å². The molecule has 0 radical (unpaired) electrons. The lowest BCUT2D eigenvalue weighted by Crippen LogP contribution is -2.46. The van der Waals surface area contributed by atoms with Crippen molar-refractivity contribution in [1.82, 2.24) is 19.2 Å². The summed E-state index contributed by atoms with van der Waals surface area (Å²) in [5.41, 5.74) is 1.91. The molecule has 3 aromatic heterocycles. The maximum Gasteiger partial charge on any atom is 0.236 e.